The summed E-state index contributed by atoms with van der Waals surface area (Å²) in [4.78, 5) is 21.2. The number of hydrogen-bond donors (Lipinski definition) is 2. The van der Waals surface area contributed by atoms with Crippen LogP contribution in [0, 0.1) is 5.41 Å². The first-order valence-corrected chi connectivity index (χ1v) is 3.02. The Balaban J connectivity index is 4.99. The Kier molecular flexibility index (Phi) is 2.41. The normalized spacial score (nSPS) is 15.1. The summed E-state index contributed by atoms with van der Waals surface area (Å²) in [5.74, 6) is -2.16. The first-order chi connectivity index (χ1) is 4.83. The number of amides is 1. The molecule has 0 aliphatic heterocycles. The van der Waals surface area contributed by atoms with Crippen LogP contribution in [-0.2, 0) is 9.59 Å². The van der Waals surface area contributed by atoms with Gasteiger partial charge in [0.1, 0.15) is 0 Å². The number of aliphatic carboxylic acids is 1. The molecule has 0 rings (SSSR count). The minimum absolute atomic E-state index is 0.234. The second-order valence-electron chi connectivity index (χ2n) is 2.57. The van der Waals surface area contributed by atoms with Gasteiger partial charge in [0.05, 0.1) is 0 Å². The Morgan fingerprint density at radius 1 is 1.55 bits per heavy atom. The fourth-order valence-corrected chi connectivity index (χ4v) is 0.498. The van der Waals surface area contributed by atoms with E-state index in [4.69, 9.17) is 10.8 Å². The van der Waals surface area contributed by atoms with Crippen molar-refractivity contribution in [3.8, 4) is 0 Å². The first kappa shape index (κ1) is 9.68. The molecule has 1 atom stereocenters. The lowest BCUT2D eigenvalue weighted by Gasteiger charge is -2.20. The van der Waals surface area contributed by atoms with Crippen molar-refractivity contribution < 1.29 is 14.7 Å². The summed E-state index contributed by atoms with van der Waals surface area (Å²) in [5.41, 5.74) is 3.49. The number of nitrogens with two attached hydrogens (primary N) is 1. The summed E-state index contributed by atoms with van der Waals surface area (Å²) in [6.07, 6.45) is 0. The maximum Gasteiger partial charge on any atom is 0.323 e. The number of carbonyl (C=O) groups excluding carboxylic acids is 1. The third kappa shape index (κ3) is 1.39. The summed E-state index contributed by atoms with van der Waals surface area (Å²) >= 11 is 0. The highest BCUT2D eigenvalue weighted by atomic mass is 16.4. The van der Waals surface area contributed by atoms with Crippen molar-refractivity contribution >= 4 is 11.9 Å². The maximum atomic E-state index is 10.7. The Labute approximate surface area is 64.7 Å². The molecular formula is C7H11NO3. The van der Waals surface area contributed by atoms with Crippen LogP contribution in [0.5, 0.6) is 0 Å². The standard InChI is InChI=1S/C7H11NO3/c1-4(2)7(3,5(8)9)6(10)11/h1H2,2-3H3,(H2,8,9)(H,10,11). The molecule has 4 nitrogen and oxygen atoms in total. The Morgan fingerprint density at radius 2 is 1.91 bits per heavy atom. The summed E-state index contributed by atoms with van der Waals surface area (Å²) in [6, 6.07) is 0. The molecule has 3 N–H and O–H groups in total. The van der Waals surface area contributed by atoms with Crippen molar-refractivity contribution in [2.75, 3.05) is 0 Å². The molecule has 0 aromatic rings. The Morgan fingerprint density at radius 3 is 1.91 bits per heavy atom. The van der Waals surface area contributed by atoms with Gasteiger partial charge in [-0.1, -0.05) is 12.2 Å². The SMILES string of the molecule is C=C(C)C(C)(C(N)=O)C(=O)O. The third-order valence-corrected chi connectivity index (χ3v) is 1.77. The van der Waals surface area contributed by atoms with Crippen LogP contribution < -0.4 is 5.73 Å². The molecule has 11 heavy (non-hydrogen) atoms. The van der Waals surface area contributed by atoms with Crippen molar-refractivity contribution in [3.05, 3.63) is 12.2 Å². The van der Waals surface area contributed by atoms with Crippen LogP contribution in [0.3, 0.4) is 0 Å². The van der Waals surface area contributed by atoms with Crippen molar-refractivity contribution in [1.29, 1.82) is 0 Å². The molecule has 0 fully saturated rings. The van der Waals surface area contributed by atoms with Gasteiger partial charge < -0.3 is 10.8 Å². The van der Waals surface area contributed by atoms with Gasteiger partial charge in [0.15, 0.2) is 5.41 Å². The number of rotatable bonds is 3. The van der Waals surface area contributed by atoms with E-state index >= 15 is 0 Å². The Bertz CT molecular complexity index is 184. The van der Waals surface area contributed by atoms with Gasteiger partial charge in [0.2, 0.25) is 5.91 Å². The predicted molar refractivity (Wildman–Crippen MR) is 39.8 cm³/mol. The van der Waals surface area contributed by atoms with Gasteiger partial charge in [-0.2, -0.15) is 0 Å². The molecule has 1 unspecified atom stereocenters. The molecule has 1 amide bonds. The molecule has 0 aromatic heterocycles. The fourth-order valence-electron chi connectivity index (χ4n) is 0.498. The van der Waals surface area contributed by atoms with Crippen molar-refractivity contribution in [2.45, 2.75) is 13.8 Å². The molecule has 0 bridgehead atoms. The topological polar surface area (TPSA) is 80.4 Å². The highest BCUT2D eigenvalue weighted by molar-refractivity contribution is 6.03. The van der Waals surface area contributed by atoms with E-state index in [1.165, 1.54) is 13.8 Å². The molecule has 62 valence electrons. The van der Waals surface area contributed by atoms with Gasteiger partial charge in [-0.3, -0.25) is 9.59 Å². The summed E-state index contributed by atoms with van der Waals surface area (Å²) < 4.78 is 0. The van der Waals surface area contributed by atoms with Crippen LogP contribution in [0.25, 0.3) is 0 Å². The van der Waals surface area contributed by atoms with Gasteiger partial charge in [-0.25, -0.2) is 0 Å². The number of primary amides is 1. The third-order valence-electron chi connectivity index (χ3n) is 1.77. The summed E-state index contributed by atoms with van der Waals surface area (Å²) in [6.45, 7) is 6.08. The van der Waals surface area contributed by atoms with E-state index in [0.717, 1.165) is 0 Å². The van der Waals surface area contributed by atoms with E-state index in [2.05, 4.69) is 6.58 Å². The van der Waals surface area contributed by atoms with Gasteiger partial charge in [-0.15, -0.1) is 0 Å². The smallest absolute Gasteiger partial charge is 0.323 e. The first-order valence-electron chi connectivity index (χ1n) is 3.02. The van der Waals surface area contributed by atoms with Crippen LogP contribution in [0.15, 0.2) is 12.2 Å². The van der Waals surface area contributed by atoms with Crippen molar-refractivity contribution in [3.63, 3.8) is 0 Å². The lowest BCUT2D eigenvalue weighted by atomic mass is 9.83. The number of carbonyl (C=O) groups is 2. The summed E-state index contributed by atoms with van der Waals surface area (Å²) in [7, 11) is 0. The van der Waals surface area contributed by atoms with Crippen LogP contribution >= 0.6 is 0 Å². The average Bonchev–Trinajstić information content (AvgIpc) is 1.84. The van der Waals surface area contributed by atoms with E-state index in [1.54, 1.807) is 0 Å². The van der Waals surface area contributed by atoms with E-state index in [1.807, 2.05) is 0 Å². The van der Waals surface area contributed by atoms with Crippen LogP contribution in [0.1, 0.15) is 13.8 Å². The lowest BCUT2D eigenvalue weighted by molar-refractivity contribution is -0.150. The molecular weight excluding hydrogens is 146 g/mol. The van der Waals surface area contributed by atoms with Crippen LogP contribution in [0.2, 0.25) is 0 Å². The molecule has 0 radical (unpaired) electrons. The minimum atomic E-state index is -1.64. The highest BCUT2D eigenvalue weighted by Gasteiger charge is 2.40. The van der Waals surface area contributed by atoms with Gasteiger partial charge in [-0.05, 0) is 13.8 Å². The van der Waals surface area contributed by atoms with E-state index in [-0.39, 0.29) is 5.57 Å². The van der Waals surface area contributed by atoms with Crippen LogP contribution in [0.4, 0.5) is 0 Å². The van der Waals surface area contributed by atoms with Crippen molar-refractivity contribution in [2.24, 2.45) is 11.1 Å². The fraction of sp³-hybridized carbons (Fsp3) is 0.429. The van der Waals surface area contributed by atoms with E-state index in [9.17, 15) is 9.59 Å². The van der Waals surface area contributed by atoms with Gasteiger partial charge in [0.25, 0.3) is 0 Å². The molecule has 0 aliphatic rings. The number of hydrogen-bond acceptors (Lipinski definition) is 2. The van der Waals surface area contributed by atoms with Crippen LogP contribution in [-0.4, -0.2) is 17.0 Å². The molecule has 0 aromatic carbocycles. The molecule has 4 heteroatoms. The second-order valence-corrected chi connectivity index (χ2v) is 2.57. The summed E-state index contributed by atoms with van der Waals surface area (Å²) in [5, 5.41) is 8.61. The zero-order valence-electron chi connectivity index (χ0n) is 6.55. The molecule has 0 saturated carbocycles. The zero-order chi connectivity index (χ0) is 9.23. The minimum Gasteiger partial charge on any atom is -0.480 e. The molecule has 0 saturated heterocycles. The zero-order valence-corrected chi connectivity index (χ0v) is 6.55. The quantitative estimate of drug-likeness (QED) is 0.451. The number of carboxylic acids is 1. The van der Waals surface area contributed by atoms with Gasteiger partial charge in [0, 0.05) is 0 Å². The largest absolute Gasteiger partial charge is 0.480 e. The molecule has 0 spiro atoms. The van der Waals surface area contributed by atoms with E-state index < -0.39 is 17.3 Å². The number of carboxylic acid groups (broad SMARTS) is 1. The average molecular weight is 157 g/mol. The second kappa shape index (κ2) is 2.74. The van der Waals surface area contributed by atoms with E-state index in [0.29, 0.717) is 0 Å². The lowest BCUT2D eigenvalue weighted by Crippen LogP contribution is -2.42. The maximum absolute atomic E-state index is 10.7. The highest BCUT2D eigenvalue weighted by Crippen LogP contribution is 2.24. The van der Waals surface area contributed by atoms with Gasteiger partial charge >= 0.3 is 5.97 Å². The molecule has 0 heterocycles. The monoisotopic (exact) mass is 157 g/mol. The van der Waals surface area contributed by atoms with Crippen molar-refractivity contribution in [1.82, 2.24) is 0 Å². The Hall–Kier alpha value is -1.32. The predicted octanol–water partition coefficient (Wildman–Crippen LogP) is 0.139. The molecule has 0 aliphatic carbocycles.